The highest BCUT2D eigenvalue weighted by atomic mass is 79.9. The second kappa shape index (κ2) is 3.96. The van der Waals surface area contributed by atoms with Crippen LogP contribution >= 0.6 is 15.9 Å². The number of fused-ring (bicyclic) bond motifs is 1. The molecule has 0 aliphatic carbocycles. The van der Waals surface area contributed by atoms with Crippen LogP contribution in [-0.2, 0) is 7.05 Å². The van der Waals surface area contributed by atoms with Crippen molar-refractivity contribution in [1.82, 2.24) is 14.9 Å². The van der Waals surface area contributed by atoms with Gasteiger partial charge in [0.25, 0.3) is 0 Å². The van der Waals surface area contributed by atoms with Gasteiger partial charge in [-0.2, -0.15) is 0 Å². The zero-order chi connectivity index (χ0) is 12.0. The second-order valence-corrected chi connectivity index (χ2v) is 5.32. The Bertz CT molecular complexity index is 562. The number of aryl methyl sites for hydroxylation is 1. The summed E-state index contributed by atoms with van der Waals surface area (Å²) in [4.78, 5) is 4.47. The maximum absolute atomic E-state index is 4.47. The van der Waals surface area contributed by atoms with Crippen LogP contribution in [0.3, 0.4) is 0 Å². The Morgan fingerprint density at radius 3 is 2.88 bits per heavy atom. The first-order chi connectivity index (χ1) is 8.18. The van der Waals surface area contributed by atoms with Crippen LogP contribution < -0.4 is 5.32 Å². The fraction of sp³-hybridized carbons (Fsp3) is 0.308. The first kappa shape index (κ1) is 11.0. The lowest BCUT2D eigenvalue weighted by Crippen LogP contribution is -2.19. The molecule has 1 unspecified atom stereocenters. The van der Waals surface area contributed by atoms with E-state index in [1.807, 2.05) is 12.4 Å². The zero-order valence-electron chi connectivity index (χ0n) is 9.81. The van der Waals surface area contributed by atoms with Gasteiger partial charge in [0, 0.05) is 17.6 Å². The number of nitrogens with zero attached hydrogens (tertiary/aromatic N) is 2. The smallest absolute Gasteiger partial charge is 0.0950 e. The molecule has 4 heteroatoms. The van der Waals surface area contributed by atoms with Crippen LogP contribution in [0.2, 0.25) is 0 Å². The van der Waals surface area contributed by atoms with E-state index in [9.17, 15) is 0 Å². The van der Waals surface area contributed by atoms with E-state index in [4.69, 9.17) is 0 Å². The van der Waals surface area contributed by atoms with Crippen LogP contribution in [0.15, 0.2) is 35.1 Å². The molecule has 3 rings (SSSR count). The fourth-order valence-corrected chi connectivity index (χ4v) is 3.01. The van der Waals surface area contributed by atoms with Crippen LogP contribution in [0, 0.1) is 0 Å². The van der Waals surface area contributed by atoms with Crippen molar-refractivity contribution in [2.24, 2.45) is 7.05 Å². The Kier molecular flexibility index (Phi) is 2.56. The van der Waals surface area contributed by atoms with Gasteiger partial charge in [-0.15, -0.1) is 0 Å². The van der Waals surface area contributed by atoms with E-state index in [1.165, 1.54) is 11.3 Å². The van der Waals surface area contributed by atoms with Crippen LogP contribution in [0.4, 0.5) is 0 Å². The number of hydrogen-bond acceptors (Lipinski definition) is 2. The summed E-state index contributed by atoms with van der Waals surface area (Å²) in [5.41, 5.74) is 3.69. The Hall–Kier alpha value is -1.13. The van der Waals surface area contributed by atoms with E-state index in [-0.39, 0.29) is 6.04 Å². The lowest BCUT2D eigenvalue weighted by molar-refractivity contribution is 0.551. The van der Waals surface area contributed by atoms with Crippen molar-refractivity contribution >= 4 is 15.9 Å². The van der Waals surface area contributed by atoms with Crippen molar-refractivity contribution in [3.8, 4) is 0 Å². The molecule has 2 heterocycles. The van der Waals surface area contributed by atoms with Crippen LogP contribution in [0.1, 0.15) is 36.0 Å². The van der Waals surface area contributed by atoms with Gasteiger partial charge in [0.1, 0.15) is 0 Å². The average molecular weight is 292 g/mol. The highest BCUT2D eigenvalue weighted by Gasteiger charge is 2.33. The lowest BCUT2D eigenvalue weighted by atomic mass is 10.1. The predicted molar refractivity (Wildman–Crippen MR) is 70.7 cm³/mol. The molecule has 0 amide bonds. The molecule has 2 atom stereocenters. The van der Waals surface area contributed by atoms with Gasteiger partial charge in [-0.1, -0.05) is 34.1 Å². The van der Waals surface area contributed by atoms with Crippen molar-refractivity contribution in [3.63, 3.8) is 0 Å². The van der Waals surface area contributed by atoms with E-state index >= 15 is 0 Å². The Balaban J connectivity index is 2.13. The van der Waals surface area contributed by atoms with Gasteiger partial charge < -0.3 is 4.57 Å². The minimum atomic E-state index is 0.225. The van der Waals surface area contributed by atoms with Gasteiger partial charge in [-0.05, 0) is 18.6 Å². The monoisotopic (exact) mass is 291 g/mol. The molecule has 1 N–H and O–H groups in total. The molecule has 17 heavy (non-hydrogen) atoms. The fourth-order valence-electron chi connectivity index (χ4n) is 2.50. The largest absolute Gasteiger partial charge is 0.336 e. The van der Waals surface area contributed by atoms with E-state index in [0.717, 1.165) is 10.2 Å². The molecule has 0 radical (unpaired) electrons. The molecule has 1 aliphatic rings. The summed E-state index contributed by atoms with van der Waals surface area (Å²) in [7, 11) is 2.05. The second-order valence-electron chi connectivity index (χ2n) is 4.47. The van der Waals surface area contributed by atoms with E-state index in [1.54, 1.807) is 0 Å². The van der Waals surface area contributed by atoms with Gasteiger partial charge in [0.05, 0.1) is 23.8 Å². The van der Waals surface area contributed by atoms with E-state index in [2.05, 4.69) is 63.0 Å². The molecule has 2 aromatic rings. The Labute approximate surface area is 109 Å². The Morgan fingerprint density at radius 2 is 2.12 bits per heavy atom. The van der Waals surface area contributed by atoms with E-state index in [0.29, 0.717) is 6.04 Å². The Morgan fingerprint density at radius 1 is 1.35 bits per heavy atom. The van der Waals surface area contributed by atoms with E-state index < -0.39 is 0 Å². The minimum Gasteiger partial charge on any atom is -0.336 e. The third kappa shape index (κ3) is 1.63. The number of nitrogens with one attached hydrogen (secondary N) is 1. The summed E-state index contributed by atoms with van der Waals surface area (Å²) >= 11 is 3.62. The molecular formula is C13H14BrN3. The van der Waals surface area contributed by atoms with Crippen molar-refractivity contribution in [2.75, 3.05) is 0 Å². The third-order valence-electron chi connectivity index (χ3n) is 3.33. The van der Waals surface area contributed by atoms with Crippen molar-refractivity contribution in [3.05, 3.63) is 52.0 Å². The maximum atomic E-state index is 4.47. The summed E-state index contributed by atoms with van der Waals surface area (Å²) in [6.07, 6.45) is 1.89. The molecule has 1 aromatic carbocycles. The molecule has 0 saturated heterocycles. The minimum absolute atomic E-state index is 0.225. The topological polar surface area (TPSA) is 29.9 Å². The summed E-state index contributed by atoms with van der Waals surface area (Å²) < 4.78 is 3.24. The number of aromatic nitrogens is 2. The highest BCUT2D eigenvalue weighted by Crippen LogP contribution is 2.38. The summed E-state index contributed by atoms with van der Waals surface area (Å²) in [5, 5.41) is 3.58. The molecule has 88 valence electrons. The number of imidazole rings is 1. The summed E-state index contributed by atoms with van der Waals surface area (Å²) in [6, 6.07) is 8.87. The normalized spacial score (nSPS) is 22.8. The van der Waals surface area contributed by atoms with Gasteiger partial charge in [-0.3, -0.25) is 5.32 Å². The molecule has 0 fully saturated rings. The summed E-state index contributed by atoms with van der Waals surface area (Å²) in [6.45, 7) is 2.16. The molecule has 0 spiro atoms. The standard InChI is InChI=1S/C13H14BrN3/c1-8-11-13(17(2)7-15-11)12(16-8)9-5-3-4-6-10(9)14/h3-8,12,16H,1-2H3/t8-,12?/m0/s1. The first-order valence-corrected chi connectivity index (χ1v) is 6.49. The molecule has 3 nitrogen and oxygen atoms in total. The number of benzene rings is 1. The molecule has 1 aliphatic heterocycles. The van der Waals surface area contributed by atoms with Gasteiger partial charge in [-0.25, -0.2) is 4.98 Å². The van der Waals surface area contributed by atoms with Crippen molar-refractivity contribution < 1.29 is 0 Å². The number of hydrogen-bond donors (Lipinski definition) is 1. The molecule has 0 saturated carbocycles. The highest BCUT2D eigenvalue weighted by molar-refractivity contribution is 9.10. The van der Waals surface area contributed by atoms with Gasteiger partial charge in [0.2, 0.25) is 0 Å². The summed E-state index contributed by atoms with van der Waals surface area (Å²) in [5.74, 6) is 0. The van der Waals surface area contributed by atoms with Gasteiger partial charge >= 0.3 is 0 Å². The number of rotatable bonds is 1. The predicted octanol–water partition coefficient (Wildman–Crippen LogP) is 2.94. The van der Waals surface area contributed by atoms with Crippen LogP contribution in [0.25, 0.3) is 0 Å². The van der Waals surface area contributed by atoms with Crippen LogP contribution in [0.5, 0.6) is 0 Å². The van der Waals surface area contributed by atoms with Crippen molar-refractivity contribution in [1.29, 1.82) is 0 Å². The number of halogens is 1. The molecular weight excluding hydrogens is 278 g/mol. The quantitative estimate of drug-likeness (QED) is 0.876. The zero-order valence-corrected chi connectivity index (χ0v) is 11.4. The maximum Gasteiger partial charge on any atom is 0.0950 e. The van der Waals surface area contributed by atoms with Gasteiger partial charge in [0.15, 0.2) is 0 Å². The molecule has 0 bridgehead atoms. The molecule has 1 aromatic heterocycles. The van der Waals surface area contributed by atoms with Crippen LogP contribution in [-0.4, -0.2) is 9.55 Å². The SMILES string of the molecule is C[C@@H]1NC(c2ccccc2Br)c2c1ncn2C. The van der Waals surface area contributed by atoms with Crippen molar-refractivity contribution in [2.45, 2.75) is 19.0 Å². The third-order valence-corrected chi connectivity index (χ3v) is 4.05. The first-order valence-electron chi connectivity index (χ1n) is 5.70. The average Bonchev–Trinajstić information content (AvgIpc) is 2.83. The lowest BCUT2D eigenvalue weighted by Gasteiger charge is -2.16.